The van der Waals surface area contributed by atoms with Crippen molar-refractivity contribution in [2.24, 2.45) is 0 Å². The highest BCUT2D eigenvalue weighted by molar-refractivity contribution is 5.88. The second-order valence-electron chi connectivity index (χ2n) is 4.35. The monoisotopic (exact) mass is 246 g/mol. The van der Waals surface area contributed by atoms with Gasteiger partial charge in [-0.25, -0.2) is 0 Å². The van der Waals surface area contributed by atoms with E-state index >= 15 is 0 Å². The Kier molecular flexibility index (Phi) is 3.03. The number of ether oxygens (including phenoxy) is 1. The average molecular weight is 246 g/mol. The predicted molar refractivity (Wildman–Crippen MR) is 80.6 cm³/mol. The third kappa shape index (κ3) is 2.36. The summed E-state index contributed by atoms with van der Waals surface area (Å²) in [6, 6.07) is 22.2. The highest BCUT2D eigenvalue weighted by atomic mass is 16.5. The summed E-state index contributed by atoms with van der Waals surface area (Å²) in [5.41, 5.74) is 1.09. The number of rotatable bonds is 3. The van der Waals surface area contributed by atoms with Crippen LogP contribution in [0.15, 0.2) is 73.3 Å². The van der Waals surface area contributed by atoms with Gasteiger partial charge in [-0.05, 0) is 29.1 Å². The van der Waals surface area contributed by atoms with Crippen molar-refractivity contribution in [2.45, 2.75) is 0 Å². The van der Waals surface area contributed by atoms with Crippen LogP contribution in [0.2, 0.25) is 0 Å². The molecule has 0 saturated heterocycles. The Balaban J connectivity index is 1.98. The Labute approximate surface area is 112 Å². The molecular formula is C18H14O. The lowest BCUT2D eigenvalue weighted by Gasteiger charge is -2.09. The molecule has 0 radical (unpaired) electrons. The molecule has 0 aliphatic carbocycles. The highest BCUT2D eigenvalue weighted by Crippen LogP contribution is 2.29. The Morgan fingerprint density at radius 1 is 0.789 bits per heavy atom. The zero-order valence-electron chi connectivity index (χ0n) is 10.5. The van der Waals surface area contributed by atoms with Crippen molar-refractivity contribution in [3.8, 4) is 11.5 Å². The van der Waals surface area contributed by atoms with Crippen LogP contribution in [-0.4, -0.2) is 0 Å². The molecule has 0 aromatic heterocycles. The van der Waals surface area contributed by atoms with Gasteiger partial charge in [0.15, 0.2) is 0 Å². The average Bonchev–Trinajstić information content (AvgIpc) is 2.48. The summed E-state index contributed by atoms with van der Waals surface area (Å²) in [5, 5.41) is 2.31. The van der Waals surface area contributed by atoms with Gasteiger partial charge in [-0.1, -0.05) is 61.2 Å². The van der Waals surface area contributed by atoms with Gasteiger partial charge in [-0.3, -0.25) is 0 Å². The molecule has 1 nitrogen and oxygen atoms in total. The van der Waals surface area contributed by atoms with Crippen molar-refractivity contribution >= 4 is 16.8 Å². The summed E-state index contributed by atoms with van der Waals surface area (Å²) >= 11 is 0. The number of benzene rings is 3. The largest absolute Gasteiger partial charge is 0.457 e. The maximum absolute atomic E-state index is 5.96. The van der Waals surface area contributed by atoms with Crippen LogP contribution in [0.1, 0.15) is 5.56 Å². The smallest absolute Gasteiger partial charge is 0.135 e. The molecule has 3 rings (SSSR count). The summed E-state index contributed by atoms with van der Waals surface area (Å²) in [4.78, 5) is 0. The maximum atomic E-state index is 5.96. The van der Waals surface area contributed by atoms with E-state index in [0.717, 1.165) is 22.4 Å². The normalized spacial score (nSPS) is 10.3. The number of hydrogen-bond acceptors (Lipinski definition) is 1. The Bertz CT molecular complexity index is 706. The minimum Gasteiger partial charge on any atom is -0.457 e. The van der Waals surface area contributed by atoms with E-state index in [9.17, 15) is 0 Å². The van der Waals surface area contributed by atoms with E-state index in [4.69, 9.17) is 4.74 Å². The minimum atomic E-state index is 0.835. The SMILES string of the molecule is C=Cc1ccc(Oc2cccc3ccccc23)cc1. The van der Waals surface area contributed by atoms with Crippen LogP contribution in [0.3, 0.4) is 0 Å². The van der Waals surface area contributed by atoms with Crippen molar-refractivity contribution in [1.82, 2.24) is 0 Å². The molecule has 0 unspecified atom stereocenters. The Hall–Kier alpha value is -2.54. The molecule has 92 valence electrons. The summed E-state index contributed by atoms with van der Waals surface area (Å²) in [6.07, 6.45) is 1.82. The van der Waals surface area contributed by atoms with Crippen LogP contribution in [0.25, 0.3) is 16.8 Å². The second kappa shape index (κ2) is 4.99. The molecule has 0 aliphatic rings. The summed E-state index contributed by atoms with van der Waals surface area (Å²) in [5.74, 6) is 1.71. The van der Waals surface area contributed by atoms with Crippen LogP contribution in [0.4, 0.5) is 0 Å². The Morgan fingerprint density at radius 2 is 1.53 bits per heavy atom. The van der Waals surface area contributed by atoms with Crippen LogP contribution < -0.4 is 4.74 Å². The standard InChI is InChI=1S/C18H14O/c1-2-14-10-12-16(13-11-14)19-18-9-5-7-15-6-3-4-8-17(15)18/h2-13H,1H2. The lowest BCUT2D eigenvalue weighted by atomic mass is 10.1. The van der Waals surface area contributed by atoms with Gasteiger partial charge in [0.2, 0.25) is 0 Å². The molecule has 0 atom stereocenters. The van der Waals surface area contributed by atoms with Crippen molar-refractivity contribution in [1.29, 1.82) is 0 Å². The minimum absolute atomic E-state index is 0.835. The van der Waals surface area contributed by atoms with E-state index in [1.165, 1.54) is 5.39 Å². The van der Waals surface area contributed by atoms with Gasteiger partial charge in [-0.2, -0.15) is 0 Å². The first-order chi connectivity index (χ1) is 9.36. The fourth-order valence-corrected chi connectivity index (χ4v) is 2.08. The molecule has 0 heterocycles. The third-order valence-electron chi connectivity index (χ3n) is 3.09. The fraction of sp³-hybridized carbons (Fsp3) is 0. The van der Waals surface area contributed by atoms with Crippen LogP contribution in [0, 0.1) is 0 Å². The molecule has 0 amide bonds. The van der Waals surface area contributed by atoms with Gasteiger partial charge in [0, 0.05) is 5.39 Å². The van der Waals surface area contributed by atoms with Crippen molar-refractivity contribution in [2.75, 3.05) is 0 Å². The molecule has 1 heteroatoms. The summed E-state index contributed by atoms with van der Waals surface area (Å²) in [6.45, 7) is 3.74. The lowest BCUT2D eigenvalue weighted by molar-refractivity contribution is 0.488. The van der Waals surface area contributed by atoms with Crippen LogP contribution >= 0.6 is 0 Å². The topological polar surface area (TPSA) is 9.23 Å². The van der Waals surface area contributed by atoms with Gasteiger partial charge >= 0.3 is 0 Å². The zero-order chi connectivity index (χ0) is 13.1. The maximum Gasteiger partial charge on any atom is 0.135 e. The number of hydrogen-bond donors (Lipinski definition) is 0. The van der Waals surface area contributed by atoms with Gasteiger partial charge in [0.1, 0.15) is 11.5 Å². The molecular weight excluding hydrogens is 232 g/mol. The van der Waals surface area contributed by atoms with Crippen molar-refractivity contribution < 1.29 is 4.74 Å². The van der Waals surface area contributed by atoms with Gasteiger partial charge in [-0.15, -0.1) is 0 Å². The summed E-state index contributed by atoms with van der Waals surface area (Å²) in [7, 11) is 0. The first-order valence-corrected chi connectivity index (χ1v) is 6.25. The van der Waals surface area contributed by atoms with E-state index < -0.39 is 0 Å². The number of fused-ring (bicyclic) bond motifs is 1. The molecule has 0 aliphatic heterocycles. The van der Waals surface area contributed by atoms with Gasteiger partial charge in [0.05, 0.1) is 0 Å². The van der Waals surface area contributed by atoms with Crippen LogP contribution in [0.5, 0.6) is 11.5 Å². The molecule has 3 aromatic carbocycles. The molecule has 0 bridgehead atoms. The summed E-state index contributed by atoms with van der Waals surface area (Å²) < 4.78 is 5.96. The lowest BCUT2D eigenvalue weighted by Crippen LogP contribution is -1.85. The molecule has 19 heavy (non-hydrogen) atoms. The van der Waals surface area contributed by atoms with E-state index in [0.29, 0.717) is 0 Å². The predicted octanol–water partition coefficient (Wildman–Crippen LogP) is 5.28. The Morgan fingerprint density at radius 3 is 2.32 bits per heavy atom. The molecule has 0 saturated carbocycles. The second-order valence-corrected chi connectivity index (χ2v) is 4.35. The van der Waals surface area contributed by atoms with E-state index in [-0.39, 0.29) is 0 Å². The van der Waals surface area contributed by atoms with Gasteiger partial charge in [0.25, 0.3) is 0 Å². The first kappa shape index (κ1) is 11.5. The fourth-order valence-electron chi connectivity index (χ4n) is 2.08. The molecule has 3 aromatic rings. The van der Waals surface area contributed by atoms with E-state index in [2.05, 4.69) is 24.8 Å². The highest BCUT2D eigenvalue weighted by Gasteiger charge is 2.02. The quantitative estimate of drug-likeness (QED) is 0.611. The van der Waals surface area contributed by atoms with Crippen molar-refractivity contribution in [3.63, 3.8) is 0 Å². The molecule has 0 spiro atoms. The first-order valence-electron chi connectivity index (χ1n) is 6.25. The molecule has 0 fully saturated rings. The zero-order valence-corrected chi connectivity index (χ0v) is 10.5. The van der Waals surface area contributed by atoms with Gasteiger partial charge < -0.3 is 4.74 Å². The van der Waals surface area contributed by atoms with E-state index in [1.54, 1.807) is 0 Å². The van der Waals surface area contributed by atoms with Crippen LogP contribution in [-0.2, 0) is 0 Å². The molecule has 0 N–H and O–H groups in total. The third-order valence-corrected chi connectivity index (χ3v) is 3.09. The van der Waals surface area contributed by atoms with Crippen molar-refractivity contribution in [3.05, 3.63) is 78.9 Å². The van der Waals surface area contributed by atoms with E-state index in [1.807, 2.05) is 54.6 Å².